The highest BCUT2D eigenvalue weighted by molar-refractivity contribution is 5.89. The Bertz CT molecular complexity index is 886. The summed E-state index contributed by atoms with van der Waals surface area (Å²) in [5, 5.41) is 0.804. The van der Waals surface area contributed by atoms with E-state index in [2.05, 4.69) is 6.58 Å². The first-order valence-electron chi connectivity index (χ1n) is 7.44. The van der Waals surface area contributed by atoms with Crippen LogP contribution in [0.5, 0.6) is 11.5 Å². The summed E-state index contributed by atoms with van der Waals surface area (Å²) in [5.41, 5.74) is 1.68. The van der Waals surface area contributed by atoms with Crippen LogP contribution in [0.2, 0.25) is 0 Å². The zero-order valence-corrected chi connectivity index (χ0v) is 13.2. The van der Waals surface area contributed by atoms with Gasteiger partial charge in [0.2, 0.25) is 5.82 Å². The second kappa shape index (κ2) is 6.71. The van der Waals surface area contributed by atoms with Gasteiger partial charge in [-0.25, -0.2) is 4.39 Å². The molecule has 122 valence electrons. The Morgan fingerprint density at radius 2 is 1.67 bits per heavy atom. The first-order valence-corrected chi connectivity index (χ1v) is 7.44. The van der Waals surface area contributed by atoms with Gasteiger partial charge in [-0.3, -0.25) is 0 Å². The van der Waals surface area contributed by atoms with Crippen LogP contribution in [-0.4, -0.2) is 13.7 Å². The van der Waals surface area contributed by atoms with Crippen LogP contribution >= 0.6 is 0 Å². The van der Waals surface area contributed by atoms with Crippen LogP contribution in [0.4, 0.5) is 8.78 Å². The average Bonchev–Trinajstić information content (AvgIpc) is 2.63. The maximum absolute atomic E-state index is 14.3. The van der Waals surface area contributed by atoms with Gasteiger partial charge in [-0.1, -0.05) is 36.9 Å². The fourth-order valence-electron chi connectivity index (χ4n) is 2.53. The molecule has 0 aromatic heterocycles. The van der Waals surface area contributed by atoms with E-state index in [9.17, 15) is 8.78 Å². The van der Waals surface area contributed by atoms with Gasteiger partial charge in [-0.2, -0.15) is 4.39 Å². The molecule has 3 aromatic carbocycles. The van der Waals surface area contributed by atoms with Gasteiger partial charge < -0.3 is 9.47 Å². The predicted octanol–water partition coefficient (Wildman–Crippen LogP) is 5.36. The molecule has 0 atom stereocenters. The Morgan fingerprint density at radius 1 is 0.958 bits per heavy atom. The Balaban J connectivity index is 2.01. The van der Waals surface area contributed by atoms with Crippen LogP contribution in [0, 0.1) is 11.6 Å². The number of rotatable bonds is 5. The minimum Gasteiger partial charge on any atom is -0.494 e. The van der Waals surface area contributed by atoms with Crippen molar-refractivity contribution in [3.8, 4) is 22.6 Å². The molecule has 24 heavy (non-hydrogen) atoms. The molecular formula is C20H16F2O2. The van der Waals surface area contributed by atoms with Crippen molar-refractivity contribution >= 4 is 10.8 Å². The molecule has 0 aliphatic carbocycles. The largest absolute Gasteiger partial charge is 0.494 e. The van der Waals surface area contributed by atoms with Gasteiger partial charge in [0.25, 0.3) is 0 Å². The van der Waals surface area contributed by atoms with E-state index in [4.69, 9.17) is 9.47 Å². The molecule has 0 fully saturated rings. The standard InChI is InChI=1S/C20H16F2O2/c1-3-10-24-16-8-6-13(7-9-16)14-4-5-15-12-18(23-2)20(22)19(21)17(15)11-14/h3-9,11-12H,1,10H2,2H3. The molecule has 0 heterocycles. The molecule has 0 unspecified atom stereocenters. The van der Waals surface area contributed by atoms with Crippen LogP contribution in [-0.2, 0) is 0 Å². The minimum atomic E-state index is -0.977. The van der Waals surface area contributed by atoms with E-state index in [1.54, 1.807) is 18.2 Å². The van der Waals surface area contributed by atoms with Crippen LogP contribution in [0.1, 0.15) is 0 Å². The summed E-state index contributed by atoms with van der Waals surface area (Å²) >= 11 is 0. The minimum absolute atomic E-state index is 0.100. The molecule has 0 saturated carbocycles. The molecule has 0 amide bonds. The molecule has 0 N–H and O–H groups in total. The monoisotopic (exact) mass is 326 g/mol. The van der Waals surface area contributed by atoms with Crippen molar-refractivity contribution in [3.63, 3.8) is 0 Å². The highest BCUT2D eigenvalue weighted by Gasteiger charge is 2.14. The zero-order valence-electron chi connectivity index (χ0n) is 13.2. The van der Waals surface area contributed by atoms with E-state index in [-0.39, 0.29) is 11.1 Å². The van der Waals surface area contributed by atoms with E-state index in [1.165, 1.54) is 13.2 Å². The number of ether oxygens (including phenoxy) is 2. The SMILES string of the molecule is C=CCOc1ccc(-c2ccc3cc(OC)c(F)c(F)c3c2)cc1. The number of hydrogen-bond acceptors (Lipinski definition) is 2. The Morgan fingerprint density at radius 3 is 2.33 bits per heavy atom. The van der Waals surface area contributed by atoms with Crippen molar-refractivity contribution in [2.24, 2.45) is 0 Å². The van der Waals surface area contributed by atoms with Gasteiger partial charge in [0.05, 0.1) is 7.11 Å². The number of hydrogen-bond donors (Lipinski definition) is 0. The fraction of sp³-hybridized carbons (Fsp3) is 0.100. The molecule has 3 aromatic rings. The summed E-state index contributed by atoms with van der Waals surface area (Å²) in [6.07, 6.45) is 1.67. The second-order valence-electron chi connectivity index (χ2n) is 5.27. The van der Waals surface area contributed by atoms with E-state index < -0.39 is 11.6 Å². The van der Waals surface area contributed by atoms with Crippen molar-refractivity contribution in [2.45, 2.75) is 0 Å². The third-order valence-corrected chi connectivity index (χ3v) is 3.76. The van der Waals surface area contributed by atoms with E-state index in [1.807, 2.05) is 30.3 Å². The van der Waals surface area contributed by atoms with E-state index in [0.717, 1.165) is 16.9 Å². The molecule has 0 radical (unpaired) electrons. The lowest BCUT2D eigenvalue weighted by molar-refractivity contribution is 0.363. The molecule has 2 nitrogen and oxygen atoms in total. The van der Waals surface area contributed by atoms with Crippen molar-refractivity contribution < 1.29 is 18.3 Å². The summed E-state index contributed by atoms with van der Waals surface area (Å²) in [5.74, 6) is -1.26. The smallest absolute Gasteiger partial charge is 0.201 e. The Kier molecular flexibility index (Phi) is 4.47. The highest BCUT2D eigenvalue weighted by Crippen LogP contribution is 2.32. The topological polar surface area (TPSA) is 18.5 Å². The first-order chi connectivity index (χ1) is 11.6. The Hall–Kier alpha value is -2.88. The van der Waals surface area contributed by atoms with Crippen molar-refractivity contribution in [3.05, 3.63) is 72.8 Å². The van der Waals surface area contributed by atoms with Gasteiger partial charge in [-0.05, 0) is 40.8 Å². The number of benzene rings is 3. The second-order valence-corrected chi connectivity index (χ2v) is 5.27. The zero-order chi connectivity index (χ0) is 17.1. The Labute approximate surface area is 138 Å². The maximum Gasteiger partial charge on any atom is 0.201 e. The van der Waals surface area contributed by atoms with E-state index >= 15 is 0 Å². The van der Waals surface area contributed by atoms with E-state index in [0.29, 0.717) is 12.0 Å². The fourth-order valence-corrected chi connectivity index (χ4v) is 2.53. The molecule has 0 aliphatic rings. The highest BCUT2D eigenvalue weighted by atomic mass is 19.2. The van der Waals surface area contributed by atoms with Gasteiger partial charge in [0, 0.05) is 5.39 Å². The van der Waals surface area contributed by atoms with Gasteiger partial charge in [-0.15, -0.1) is 0 Å². The third-order valence-electron chi connectivity index (χ3n) is 3.76. The van der Waals surface area contributed by atoms with Crippen LogP contribution < -0.4 is 9.47 Å². The molecule has 3 rings (SSSR count). The number of halogens is 2. The molecule has 0 bridgehead atoms. The summed E-state index contributed by atoms with van der Waals surface area (Å²) in [6.45, 7) is 4.03. The van der Waals surface area contributed by atoms with Crippen molar-refractivity contribution in [1.82, 2.24) is 0 Å². The summed E-state index contributed by atoms with van der Waals surface area (Å²) < 4.78 is 38.5. The lowest BCUT2D eigenvalue weighted by atomic mass is 10.0. The molecule has 0 saturated heterocycles. The van der Waals surface area contributed by atoms with Crippen LogP contribution in [0.3, 0.4) is 0 Å². The molecule has 0 spiro atoms. The van der Waals surface area contributed by atoms with Gasteiger partial charge >= 0.3 is 0 Å². The molecule has 4 heteroatoms. The third kappa shape index (κ3) is 2.95. The number of methoxy groups -OCH3 is 1. The maximum atomic E-state index is 14.3. The summed E-state index contributed by atoms with van der Waals surface area (Å²) in [7, 11) is 1.31. The van der Waals surface area contributed by atoms with Crippen molar-refractivity contribution in [1.29, 1.82) is 0 Å². The number of fused-ring (bicyclic) bond motifs is 1. The lowest BCUT2D eigenvalue weighted by Crippen LogP contribution is -1.94. The normalized spacial score (nSPS) is 10.6. The van der Waals surface area contributed by atoms with Gasteiger partial charge in [0.15, 0.2) is 11.6 Å². The van der Waals surface area contributed by atoms with Crippen molar-refractivity contribution in [2.75, 3.05) is 13.7 Å². The quantitative estimate of drug-likeness (QED) is 0.588. The summed E-state index contributed by atoms with van der Waals surface area (Å²) in [4.78, 5) is 0. The lowest BCUT2D eigenvalue weighted by Gasteiger charge is -2.09. The molecule has 0 aliphatic heterocycles. The first kappa shape index (κ1) is 16.0. The van der Waals surface area contributed by atoms with Crippen LogP contribution in [0.25, 0.3) is 21.9 Å². The average molecular weight is 326 g/mol. The van der Waals surface area contributed by atoms with Crippen LogP contribution in [0.15, 0.2) is 61.2 Å². The summed E-state index contributed by atoms with van der Waals surface area (Å²) in [6, 6.07) is 14.1. The predicted molar refractivity (Wildman–Crippen MR) is 91.5 cm³/mol. The molecular weight excluding hydrogens is 310 g/mol. The van der Waals surface area contributed by atoms with Gasteiger partial charge in [0.1, 0.15) is 12.4 Å².